The maximum Gasteiger partial charge on any atom is 0.328 e. The van der Waals surface area contributed by atoms with Crippen LogP contribution in [0.5, 0.6) is 0 Å². The lowest BCUT2D eigenvalue weighted by molar-refractivity contribution is -0.144. The third kappa shape index (κ3) is 3.89. The normalized spacial score (nSPS) is 12.0. The second-order valence-electron chi connectivity index (χ2n) is 3.49. The molecule has 1 rings (SSSR count). The highest BCUT2D eigenvalue weighted by Gasteiger charge is 2.17. The molecule has 0 aliphatic carbocycles. The standard InChI is InChI=1S/C12H15ClFNO2/c1-3-11(12(16)17-4-2)15-8-5-6-10(14)9(13)7-8/h5-7,11,15H,3-4H2,1-2H3. The number of nitrogens with one attached hydrogen (secondary N) is 1. The molecule has 94 valence electrons. The number of carbonyl (C=O) groups excluding carboxylic acids is 1. The van der Waals surface area contributed by atoms with Gasteiger partial charge in [0.1, 0.15) is 11.9 Å². The topological polar surface area (TPSA) is 38.3 Å². The highest BCUT2D eigenvalue weighted by Crippen LogP contribution is 2.20. The first-order valence-electron chi connectivity index (χ1n) is 5.46. The molecular weight excluding hydrogens is 245 g/mol. The largest absolute Gasteiger partial charge is 0.464 e. The van der Waals surface area contributed by atoms with Gasteiger partial charge in [0.25, 0.3) is 0 Å². The van der Waals surface area contributed by atoms with E-state index in [1.54, 1.807) is 6.92 Å². The molecular formula is C12H15ClFNO2. The maximum absolute atomic E-state index is 12.9. The second kappa shape index (κ2) is 6.45. The van der Waals surface area contributed by atoms with Crippen LogP contribution >= 0.6 is 11.6 Å². The fraction of sp³-hybridized carbons (Fsp3) is 0.417. The molecule has 0 aliphatic rings. The van der Waals surface area contributed by atoms with E-state index < -0.39 is 11.9 Å². The first kappa shape index (κ1) is 13.8. The van der Waals surface area contributed by atoms with Crippen molar-refractivity contribution in [2.45, 2.75) is 26.3 Å². The summed E-state index contributed by atoms with van der Waals surface area (Å²) in [4.78, 5) is 11.5. The minimum absolute atomic E-state index is 0.0220. The minimum Gasteiger partial charge on any atom is -0.464 e. The highest BCUT2D eigenvalue weighted by molar-refractivity contribution is 6.31. The molecule has 0 saturated carbocycles. The van der Waals surface area contributed by atoms with E-state index in [9.17, 15) is 9.18 Å². The summed E-state index contributed by atoms with van der Waals surface area (Å²) in [7, 11) is 0. The highest BCUT2D eigenvalue weighted by atomic mass is 35.5. The van der Waals surface area contributed by atoms with Gasteiger partial charge in [-0.05, 0) is 31.5 Å². The molecule has 1 aromatic rings. The van der Waals surface area contributed by atoms with Crippen molar-refractivity contribution in [2.24, 2.45) is 0 Å². The smallest absolute Gasteiger partial charge is 0.328 e. The van der Waals surface area contributed by atoms with Crippen LogP contribution in [0.25, 0.3) is 0 Å². The van der Waals surface area contributed by atoms with Crippen molar-refractivity contribution in [3.63, 3.8) is 0 Å². The van der Waals surface area contributed by atoms with E-state index in [1.807, 2.05) is 6.92 Å². The van der Waals surface area contributed by atoms with Gasteiger partial charge in [-0.3, -0.25) is 0 Å². The number of carbonyl (C=O) groups is 1. The summed E-state index contributed by atoms with van der Waals surface area (Å²) in [6.07, 6.45) is 0.577. The lowest BCUT2D eigenvalue weighted by Gasteiger charge is -2.16. The zero-order chi connectivity index (χ0) is 12.8. The maximum atomic E-state index is 12.9. The third-order valence-corrected chi connectivity index (χ3v) is 2.53. The van der Waals surface area contributed by atoms with E-state index in [0.717, 1.165) is 0 Å². The number of ether oxygens (including phenoxy) is 1. The van der Waals surface area contributed by atoms with E-state index in [4.69, 9.17) is 16.3 Å². The van der Waals surface area contributed by atoms with Gasteiger partial charge >= 0.3 is 5.97 Å². The van der Waals surface area contributed by atoms with Crippen LogP contribution in [-0.2, 0) is 9.53 Å². The van der Waals surface area contributed by atoms with Crippen molar-refractivity contribution in [3.8, 4) is 0 Å². The van der Waals surface area contributed by atoms with Gasteiger partial charge in [-0.2, -0.15) is 0 Å². The van der Waals surface area contributed by atoms with Gasteiger partial charge in [0.05, 0.1) is 11.6 Å². The second-order valence-corrected chi connectivity index (χ2v) is 3.89. The Kier molecular flexibility index (Phi) is 5.22. The van der Waals surface area contributed by atoms with Gasteiger partial charge in [0.15, 0.2) is 0 Å². The lowest BCUT2D eigenvalue weighted by atomic mass is 10.2. The molecule has 0 aliphatic heterocycles. The SMILES string of the molecule is CCOC(=O)C(CC)Nc1ccc(F)c(Cl)c1. The molecule has 1 N–H and O–H groups in total. The molecule has 1 atom stereocenters. The first-order valence-corrected chi connectivity index (χ1v) is 5.84. The Morgan fingerprint density at radius 2 is 2.24 bits per heavy atom. The zero-order valence-corrected chi connectivity index (χ0v) is 10.6. The van der Waals surface area contributed by atoms with Gasteiger partial charge in [0.2, 0.25) is 0 Å². The summed E-state index contributed by atoms with van der Waals surface area (Å²) in [5.74, 6) is -0.808. The average molecular weight is 260 g/mol. The fourth-order valence-corrected chi connectivity index (χ4v) is 1.54. The number of hydrogen-bond acceptors (Lipinski definition) is 3. The van der Waals surface area contributed by atoms with Crippen LogP contribution in [0.4, 0.5) is 10.1 Å². The quantitative estimate of drug-likeness (QED) is 0.825. The molecule has 0 radical (unpaired) electrons. The summed E-state index contributed by atoms with van der Waals surface area (Å²) in [6, 6.07) is 3.78. The molecule has 17 heavy (non-hydrogen) atoms. The molecule has 1 unspecified atom stereocenters. The Morgan fingerprint density at radius 3 is 2.76 bits per heavy atom. The van der Waals surface area contributed by atoms with Crippen molar-refractivity contribution in [1.82, 2.24) is 0 Å². The van der Waals surface area contributed by atoms with E-state index in [0.29, 0.717) is 18.7 Å². The van der Waals surface area contributed by atoms with Crippen molar-refractivity contribution in [2.75, 3.05) is 11.9 Å². The number of rotatable bonds is 5. The Balaban J connectivity index is 2.73. The van der Waals surface area contributed by atoms with Crippen LogP contribution in [0.1, 0.15) is 20.3 Å². The van der Waals surface area contributed by atoms with Gasteiger partial charge in [0, 0.05) is 5.69 Å². The van der Waals surface area contributed by atoms with Crippen LogP contribution in [0, 0.1) is 5.82 Å². The molecule has 0 bridgehead atoms. The Hall–Kier alpha value is -1.29. The van der Waals surface area contributed by atoms with Crippen LogP contribution in [0.3, 0.4) is 0 Å². The molecule has 0 spiro atoms. The van der Waals surface area contributed by atoms with E-state index in [2.05, 4.69) is 5.32 Å². The molecule has 0 fully saturated rings. The van der Waals surface area contributed by atoms with Crippen molar-refractivity contribution in [1.29, 1.82) is 0 Å². The predicted octanol–water partition coefficient (Wildman–Crippen LogP) is 3.23. The minimum atomic E-state index is -0.485. The average Bonchev–Trinajstić information content (AvgIpc) is 2.30. The van der Waals surface area contributed by atoms with Gasteiger partial charge in [-0.1, -0.05) is 18.5 Å². The van der Waals surface area contributed by atoms with Crippen LogP contribution in [0.2, 0.25) is 5.02 Å². The Morgan fingerprint density at radius 1 is 1.53 bits per heavy atom. The summed E-state index contributed by atoms with van der Waals surface area (Å²) in [5, 5.41) is 2.98. The monoisotopic (exact) mass is 259 g/mol. The number of halogens is 2. The Bertz CT molecular complexity index is 398. The molecule has 0 heterocycles. The molecule has 0 saturated heterocycles. The van der Waals surface area contributed by atoms with Crippen LogP contribution < -0.4 is 5.32 Å². The van der Waals surface area contributed by atoms with E-state index in [-0.39, 0.29) is 11.0 Å². The number of anilines is 1. The lowest BCUT2D eigenvalue weighted by Crippen LogP contribution is -2.30. The third-order valence-electron chi connectivity index (χ3n) is 2.24. The molecule has 1 aromatic carbocycles. The molecule has 0 aromatic heterocycles. The van der Waals surface area contributed by atoms with Crippen LogP contribution in [-0.4, -0.2) is 18.6 Å². The van der Waals surface area contributed by atoms with Crippen molar-refractivity contribution in [3.05, 3.63) is 29.0 Å². The summed E-state index contributed by atoms with van der Waals surface area (Å²) >= 11 is 5.65. The number of esters is 1. The zero-order valence-electron chi connectivity index (χ0n) is 9.80. The van der Waals surface area contributed by atoms with Gasteiger partial charge < -0.3 is 10.1 Å². The number of hydrogen-bond donors (Lipinski definition) is 1. The fourth-order valence-electron chi connectivity index (χ4n) is 1.36. The predicted molar refractivity (Wildman–Crippen MR) is 65.7 cm³/mol. The summed E-state index contributed by atoms with van der Waals surface area (Å²) in [5.41, 5.74) is 0.594. The van der Waals surface area contributed by atoms with E-state index >= 15 is 0 Å². The summed E-state index contributed by atoms with van der Waals surface area (Å²) < 4.78 is 17.9. The van der Waals surface area contributed by atoms with Crippen molar-refractivity contribution < 1.29 is 13.9 Å². The Labute approximate surface area is 105 Å². The van der Waals surface area contributed by atoms with Gasteiger partial charge in [-0.15, -0.1) is 0 Å². The molecule has 3 nitrogen and oxygen atoms in total. The number of benzene rings is 1. The van der Waals surface area contributed by atoms with Crippen molar-refractivity contribution >= 4 is 23.3 Å². The molecule has 0 amide bonds. The molecule has 5 heteroatoms. The van der Waals surface area contributed by atoms with Gasteiger partial charge in [-0.25, -0.2) is 9.18 Å². The first-order chi connectivity index (χ1) is 8.08. The van der Waals surface area contributed by atoms with E-state index in [1.165, 1.54) is 18.2 Å². The summed E-state index contributed by atoms with van der Waals surface area (Å²) in [6.45, 7) is 3.94. The van der Waals surface area contributed by atoms with Crippen LogP contribution in [0.15, 0.2) is 18.2 Å².